The van der Waals surface area contributed by atoms with Gasteiger partial charge in [0.1, 0.15) is 0 Å². The molecule has 0 spiro atoms. The quantitative estimate of drug-likeness (QED) is 0.823. The van der Waals surface area contributed by atoms with E-state index in [1.54, 1.807) is 25.6 Å². The van der Waals surface area contributed by atoms with Gasteiger partial charge in [-0.2, -0.15) is 0 Å². The Bertz CT molecular complexity index is 304. The molecule has 1 aromatic carbocycles. The average molecular weight is 261 g/mol. The summed E-state index contributed by atoms with van der Waals surface area (Å²) >= 11 is 5.05. The highest BCUT2D eigenvalue weighted by molar-refractivity contribution is 9.10. The van der Waals surface area contributed by atoms with Gasteiger partial charge in [-0.1, -0.05) is 15.9 Å². The maximum absolute atomic E-state index is 9.89. The summed E-state index contributed by atoms with van der Waals surface area (Å²) in [6.45, 7) is 3.60. The maximum Gasteiger partial charge on any atom is 0.0851 e. The zero-order valence-electron chi connectivity index (χ0n) is 7.97. The van der Waals surface area contributed by atoms with Crippen molar-refractivity contribution in [3.05, 3.63) is 28.2 Å². The minimum Gasteiger partial charge on any atom is -0.386 e. The van der Waals surface area contributed by atoms with Crippen molar-refractivity contribution in [1.29, 1.82) is 0 Å². The summed E-state index contributed by atoms with van der Waals surface area (Å²) in [6.07, 6.45) is 2.01. The summed E-state index contributed by atoms with van der Waals surface area (Å²) in [6, 6.07) is 5.97. The van der Waals surface area contributed by atoms with E-state index in [1.807, 2.05) is 24.5 Å². The number of hydrogen-bond donors (Lipinski definition) is 1. The van der Waals surface area contributed by atoms with Gasteiger partial charge in [0.25, 0.3) is 0 Å². The third-order valence-corrected chi connectivity index (χ3v) is 3.11. The first-order valence-electron chi connectivity index (χ1n) is 4.01. The van der Waals surface area contributed by atoms with Gasteiger partial charge in [0.05, 0.1) is 5.60 Å². The molecule has 0 aliphatic carbocycles. The fourth-order valence-corrected chi connectivity index (χ4v) is 2.25. The Balaban J connectivity index is 3.24. The van der Waals surface area contributed by atoms with Gasteiger partial charge in [0.15, 0.2) is 0 Å². The predicted octanol–water partition coefficient (Wildman–Crippen LogP) is 3.40. The Kier molecular flexibility index (Phi) is 3.44. The van der Waals surface area contributed by atoms with E-state index in [1.165, 1.54) is 0 Å². The van der Waals surface area contributed by atoms with Crippen molar-refractivity contribution in [3.8, 4) is 0 Å². The van der Waals surface area contributed by atoms with Crippen molar-refractivity contribution in [2.24, 2.45) is 0 Å². The molecule has 1 N–H and O–H groups in total. The van der Waals surface area contributed by atoms with Crippen molar-refractivity contribution in [3.63, 3.8) is 0 Å². The number of benzene rings is 1. The van der Waals surface area contributed by atoms with Crippen LogP contribution in [-0.2, 0) is 5.60 Å². The zero-order valence-corrected chi connectivity index (χ0v) is 10.4. The molecule has 3 heteroatoms. The largest absolute Gasteiger partial charge is 0.386 e. The standard InChI is InChI=1S/C10H13BrOS/c1-10(2,12)8-6-7(11)4-5-9(8)13-3/h4-6,12H,1-3H3. The van der Waals surface area contributed by atoms with Gasteiger partial charge in [-0.05, 0) is 43.9 Å². The van der Waals surface area contributed by atoms with Crippen LogP contribution in [0.15, 0.2) is 27.6 Å². The smallest absolute Gasteiger partial charge is 0.0851 e. The predicted molar refractivity (Wildman–Crippen MR) is 61.2 cm³/mol. The minimum absolute atomic E-state index is 0.776. The first kappa shape index (κ1) is 11.1. The second-order valence-corrected chi connectivity index (χ2v) is 5.17. The molecule has 0 unspecified atom stereocenters. The first-order chi connectivity index (χ1) is 5.95. The Morgan fingerprint density at radius 3 is 2.46 bits per heavy atom. The summed E-state index contributed by atoms with van der Waals surface area (Å²) in [5.41, 5.74) is 0.191. The van der Waals surface area contributed by atoms with Crippen LogP contribution in [0, 0.1) is 0 Å². The van der Waals surface area contributed by atoms with Gasteiger partial charge in [0.2, 0.25) is 0 Å². The first-order valence-corrected chi connectivity index (χ1v) is 6.03. The van der Waals surface area contributed by atoms with E-state index in [0.717, 1.165) is 14.9 Å². The third kappa shape index (κ3) is 2.73. The summed E-state index contributed by atoms with van der Waals surface area (Å²) in [5.74, 6) is 0. The summed E-state index contributed by atoms with van der Waals surface area (Å²) in [4.78, 5) is 1.12. The lowest BCUT2D eigenvalue weighted by Gasteiger charge is -2.21. The molecule has 0 aliphatic heterocycles. The van der Waals surface area contributed by atoms with E-state index in [2.05, 4.69) is 15.9 Å². The SMILES string of the molecule is CSc1ccc(Br)cc1C(C)(C)O. The number of halogens is 1. The van der Waals surface area contributed by atoms with E-state index in [4.69, 9.17) is 0 Å². The molecule has 0 heterocycles. The van der Waals surface area contributed by atoms with Crippen molar-refractivity contribution in [2.75, 3.05) is 6.26 Å². The highest BCUT2D eigenvalue weighted by atomic mass is 79.9. The average Bonchev–Trinajstić information content (AvgIpc) is 2.03. The van der Waals surface area contributed by atoms with Crippen molar-refractivity contribution in [1.82, 2.24) is 0 Å². The van der Waals surface area contributed by atoms with E-state index in [-0.39, 0.29) is 0 Å². The topological polar surface area (TPSA) is 20.2 Å². The lowest BCUT2D eigenvalue weighted by Crippen LogP contribution is -2.16. The Morgan fingerprint density at radius 2 is 2.00 bits per heavy atom. The summed E-state index contributed by atoms with van der Waals surface area (Å²) in [7, 11) is 0. The Morgan fingerprint density at radius 1 is 1.38 bits per heavy atom. The van der Waals surface area contributed by atoms with Crippen LogP contribution in [0.2, 0.25) is 0 Å². The summed E-state index contributed by atoms with van der Waals surface area (Å²) in [5, 5.41) is 9.89. The van der Waals surface area contributed by atoms with Crippen LogP contribution >= 0.6 is 27.7 Å². The molecular formula is C10H13BrOS. The van der Waals surface area contributed by atoms with Crippen molar-refractivity contribution in [2.45, 2.75) is 24.3 Å². The van der Waals surface area contributed by atoms with Crippen molar-refractivity contribution >= 4 is 27.7 Å². The zero-order chi connectivity index (χ0) is 10.1. The number of rotatable bonds is 2. The molecule has 13 heavy (non-hydrogen) atoms. The molecule has 0 bridgehead atoms. The molecule has 1 rings (SSSR count). The summed E-state index contributed by atoms with van der Waals surface area (Å²) < 4.78 is 1.00. The lowest BCUT2D eigenvalue weighted by molar-refractivity contribution is 0.0757. The molecular weight excluding hydrogens is 248 g/mol. The van der Waals surface area contributed by atoms with Gasteiger partial charge in [0, 0.05) is 9.37 Å². The highest BCUT2D eigenvalue weighted by Crippen LogP contribution is 2.31. The normalized spacial score (nSPS) is 11.8. The highest BCUT2D eigenvalue weighted by Gasteiger charge is 2.19. The Hall–Kier alpha value is 0.01000. The van der Waals surface area contributed by atoms with Crippen LogP contribution in [0.1, 0.15) is 19.4 Å². The minimum atomic E-state index is -0.776. The third-order valence-electron chi connectivity index (χ3n) is 1.82. The number of thioether (sulfide) groups is 1. The van der Waals surface area contributed by atoms with E-state index >= 15 is 0 Å². The van der Waals surface area contributed by atoms with E-state index in [0.29, 0.717) is 0 Å². The van der Waals surface area contributed by atoms with Crippen LogP contribution < -0.4 is 0 Å². The van der Waals surface area contributed by atoms with Crippen LogP contribution in [0.5, 0.6) is 0 Å². The molecule has 0 atom stereocenters. The molecule has 0 fully saturated rings. The molecule has 0 amide bonds. The second kappa shape index (κ2) is 4.03. The monoisotopic (exact) mass is 260 g/mol. The number of hydrogen-bond acceptors (Lipinski definition) is 2. The second-order valence-electron chi connectivity index (χ2n) is 3.40. The Labute approximate surface area is 91.7 Å². The van der Waals surface area contributed by atoms with Gasteiger partial charge >= 0.3 is 0 Å². The van der Waals surface area contributed by atoms with Crippen LogP contribution in [-0.4, -0.2) is 11.4 Å². The molecule has 0 radical (unpaired) electrons. The van der Waals surface area contributed by atoms with Gasteiger partial charge in [-0.25, -0.2) is 0 Å². The fraction of sp³-hybridized carbons (Fsp3) is 0.400. The lowest BCUT2D eigenvalue weighted by atomic mass is 9.99. The molecule has 1 nitrogen and oxygen atoms in total. The van der Waals surface area contributed by atoms with E-state index < -0.39 is 5.60 Å². The molecule has 0 saturated carbocycles. The van der Waals surface area contributed by atoms with Crippen molar-refractivity contribution < 1.29 is 5.11 Å². The van der Waals surface area contributed by atoms with E-state index in [9.17, 15) is 5.11 Å². The molecule has 0 saturated heterocycles. The van der Waals surface area contributed by atoms with Gasteiger partial charge < -0.3 is 5.11 Å². The molecule has 1 aromatic rings. The maximum atomic E-state index is 9.89. The molecule has 0 aromatic heterocycles. The molecule has 72 valence electrons. The molecule has 0 aliphatic rings. The van der Waals surface area contributed by atoms with Gasteiger partial charge in [-0.3, -0.25) is 0 Å². The van der Waals surface area contributed by atoms with Crippen LogP contribution in [0.3, 0.4) is 0 Å². The fourth-order valence-electron chi connectivity index (χ4n) is 1.16. The van der Waals surface area contributed by atoms with Crippen LogP contribution in [0.4, 0.5) is 0 Å². The van der Waals surface area contributed by atoms with Crippen LogP contribution in [0.25, 0.3) is 0 Å². The van der Waals surface area contributed by atoms with Gasteiger partial charge in [-0.15, -0.1) is 11.8 Å². The number of aliphatic hydroxyl groups is 1.